The Morgan fingerprint density at radius 2 is 2.06 bits per heavy atom. The van der Waals surface area contributed by atoms with Crippen molar-refractivity contribution < 1.29 is 4.74 Å². The maximum atomic E-state index is 5.11. The minimum absolute atomic E-state index is 0.279. The highest BCUT2D eigenvalue weighted by Gasteiger charge is 2.06. The molecule has 84 valence electrons. The van der Waals surface area contributed by atoms with Gasteiger partial charge >= 0.3 is 0 Å². The molecule has 2 rings (SSSR count). The quantitative estimate of drug-likeness (QED) is 0.881. The Bertz CT molecular complexity index is 425. The van der Waals surface area contributed by atoms with Gasteiger partial charge in [-0.25, -0.2) is 0 Å². The Morgan fingerprint density at radius 1 is 1.31 bits per heavy atom. The Morgan fingerprint density at radius 3 is 2.62 bits per heavy atom. The summed E-state index contributed by atoms with van der Waals surface area (Å²) in [5, 5.41) is 3.41. The van der Waals surface area contributed by atoms with Crippen molar-refractivity contribution in [3.63, 3.8) is 0 Å². The van der Waals surface area contributed by atoms with Crippen LogP contribution in [-0.4, -0.2) is 12.1 Å². The molecule has 1 unspecified atom stereocenters. The largest absolute Gasteiger partial charge is 0.497 e. The first kappa shape index (κ1) is 11.0. The number of thiazole rings is 1. The second-order valence-corrected chi connectivity index (χ2v) is 4.42. The topological polar surface area (TPSA) is 34.1 Å². The summed E-state index contributed by atoms with van der Waals surface area (Å²) in [5.74, 6) is 0.871. The van der Waals surface area contributed by atoms with Gasteiger partial charge in [0.25, 0.3) is 0 Å². The highest BCUT2D eigenvalue weighted by atomic mass is 32.1. The zero-order valence-corrected chi connectivity index (χ0v) is 10.1. The highest BCUT2D eigenvalue weighted by molar-refractivity contribution is 7.09. The predicted octanol–water partition coefficient (Wildman–Crippen LogP) is 3.32. The number of hydrogen-bond acceptors (Lipinski definition) is 4. The Hall–Kier alpha value is -1.55. The first-order valence-corrected chi connectivity index (χ1v) is 5.96. The van der Waals surface area contributed by atoms with Gasteiger partial charge in [0.05, 0.1) is 18.7 Å². The molecule has 16 heavy (non-hydrogen) atoms. The highest BCUT2D eigenvalue weighted by Crippen LogP contribution is 2.23. The van der Waals surface area contributed by atoms with Crippen LogP contribution in [0.15, 0.2) is 36.0 Å². The van der Waals surface area contributed by atoms with Crippen LogP contribution in [0.1, 0.15) is 17.8 Å². The van der Waals surface area contributed by atoms with Crippen LogP contribution < -0.4 is 10.1 Å². The predicted molar refractivity (Wildman–Crippen MR) is 67.1 cm³/mol. The monoisotopic (exact) mass is 234 g/mol. The van der Waals surface area contributed by atoms with E-state index >= 15 is 0 Å². The fraction of sp³-hybridized carbons (Fsp3) is 0.250. The average molecular weight is 234 g/mol. The van der Waals surface area contributed by atoms with E-state index in [2.05, 4.69) is 17.2 Å². The molecule has 1 atom stereocenters. The molecule has 0 radical (unpaired) electrons. The van der Waals surface area contributed by atoms with Crippen molar-refractivity contribution in [2.75, 3.05) is 12.4 Å². The Labute approximate surface area is 99.1 Å². The van der Waals surface area contributed by atoms with Crippen molar-refractivity contribution in [1.29, 1.82) is 0 Å². The van der Waals surface area contributed by atoms with Gasteiger partial charge in [-0.1, -0.05) is 0 Å². The summed E-state index contributed by atoms with van der Waals surface area (Å²) in [6.07, 6.45) is 1.89. The van der Waals surface area contributed by atoms with Gasteiger partial charge in [-0.3, -0.25) is 4.98 Å². The van der Waals surface area contributed by atoms with Gasteiger partial charge in [-0.2, -0.15) is 0 Å². The maximum absolute atomic E-state index is 5.11. The molecule has 0 saturated carbocycles. The number of anilines is 1. The van der Waals surface area contributed by atoms with E-state index in [9.17, 15) is 0 Å². The number of hydrogen-bond donors (Lipinski definition) is 1. The smallest absolute Gasteiger partial charge is 0.119 e. The summed E-state index contributed by atoms with van der Waals surface area (Å²) in [6.45, 7) is 2.12. The molecule has 1 aromatic carbocycles. The number of nitrogens with one attached hydrogen (secondary N) is 1. The third kappa shape index (κ3) is 2.52. The van der Waals surface area contributed by atoms with Crippen LogP contribution in [-0.2, 0) is 0 Å². The van der Waals surface area contributed by atoms with Crippen molar-refractivity contribution >= 4 is 17.0 Å². The van der Waals surface area contributed by atoms with Crippen molar-refractivity contribution in [2.45, 2.75) is 13.0 Å². The number of rotatable bonds is 4. The molecule has 0 aliphatic rings. The zero-order valence-electron chi connectivity index (χ0n) is 9.31. The van der Waals surface area contributed by atoms with E-state index in [0.29, 0.717) is 0 Å². The number of aromatic nitrogens is 1. The van der Waals surface area contributed by atoms with Crippen LogP contribution in [0.25, 0.3) is 0 Å². The number of nitrogens with zero attached hydrogens (tertiary/aromatic N) is 1. The van der Waals surface area contributed by atoms with E-state index in [1.807, 2.05) is 36.0 Å². The van der Waals surface area contributed by atoms with E-state index in [4.69, 9.17) is 4.74 Å². The normalized spacial score (nSPS) is 12.1. The molecular formula is C12H14N2OS. The lowest BCUT2D eigenvalue weighted by atomic mass is 10.2. The third-order valence-corrected chi connectivity index (χ3v) is 3.31. The van der Waals surface area contributed by atoms with Crippen LogP contribution in [0.2, 0.25) is 0 Å². The Balaban J connectivity index is 2.03. The van der Waals surface area contributed by atoms with E-state index < -0.39 is 0 Å². The summed E-state index contributed by atoms with van der Waals surface area (Å²) in [4.78, 5) is 5.30. The van der Waals surface area contributed by atoms with E-state index in [1.165, 1.54) is 4.88 Å². The zero-order chi connectivity index (χ0) is 11.4. The lowest BCUT2D eigenvalue weighted by Crippen LogP contribution is -2.04. The minimum Gasteiger partial charge on any atom is -0.497 e. The van der Waals surface area contributed by atoms with Crippen LogP contribution in [0, 0.1) is 0 Å². The van der Waals surface area contributed by atoms with Crippen molar-refractivity contribution in [2.24, 2.45) is 0 Å². The molecule has 0 spiro atoms. The van der Waals surface area contributed by atoms with E-state index in [0.717, 1.165) is 11.4 Å². The van der Waals surface area contributed by atoms with Crippen molar-refractivity contribution in [3.8, 4) is 5.75 Å². The van der Waals surface area contributed by atoms with Crippen molar-refractivity contribution in [3.05, 3.63) is 40.8 Å². The minimum atomic E-state index is 0.279. The van der Waals surface area contributed by atoms with Crippen LogP contribution in [0.5, 0.6) is 5.75 Å². The number of ether oxygens (including phenoxy) is 1. The molecule has 3 nitrogen and oxygen atoms in total. The second kappa shape index (κ2) is 4.99. The Kier molecular flexibility index (Phi) is 3.41. The molecule has 0 fully saturated rings. The maximum Gasteiger partial charge on any atom is 0.119 e. The molecule has 1 aromatic heterocycles. The van der Waals surface area contributed by atoms with Crippen LogP contribution in [0.4, 0.5) is 5.69 Å². The molecule has 1 N–H and O–H groups in total. The van der Waals surface area contributed by atoms with Gasteiger partial charge in [0.2, 0.25) is 0 Å². The standard InChI is InChI=1S/C12H14N2OS/c1-9(12-7-13-8-16-12)14-10-3-5-11(15-2)6-4-10/h3-9,14H,1-2H3. The van der Waals surface area contributed by atoms with Gasteiger partial charge in [-0.05, 0) is 31.2 Å². The molecule has 4 heteroatoms. The van der Waals surface area contributed by atoms with Crippen LogP contribution >= 0.6 is 11.3 Å². The van der Waals surface area contributed by atoms with Crippen LogP contribution in [0.3, 0.4) is 0 Å². The fourth-order valence-electron chi connectivity index (χ4n) is 1.45. The fourth-order valence-corrected chi connectivity index (χ4v) is 2.08. The lowest BCUT2D eigenvalue weighted by molar-refractivity contribution is 0.415. The van der Waals surface area contributed by atoms with E-state index in [-0.39, 0.29) is 6.04 Å². The summed E-state index contributed by atoms with van der Waals surface area (Å²) >= 11 is 1.66. The number of benzene rings is 1. The molecule has 2 aromatic rings. The van der Waals surface area contributed by atoms with Crippen molar-refractivity contribution in [1.82, 2.24) is 4.98 Å². The number of methoxy groups -OCH3 is 1. The van der Waals surface area contributed by atoms with Gasteiger partial charge in [0.15, 0.2) is 0 Å². The second-order valence-electron chi connectivity index (χ2n) is 3.50. The molecule has 0 saturated heterocycles. The summed E-state index contributed by atoms with van der Waals surface area (Å²) < 4.78 is 5.11. The SMILES string of the molecule is COc1ccc(NC(C)c2cncs2)cc1. The average Bonchev–Trinajstić information content (AvgIpc) is 2.83. The first-order chi connectivity index (χ1) is 7.79. The molecule has 1 heterocycles. The summed E-state index contributed by atoms with van der Waals surface area (Å²) in [6, 6.07) is 8.19. The van der Waals surface area contributed by atoms with Gasteiger partial charge in [-0.15, -0.1) is 11.3 Å². The molecule has 0 bridgehead atoms. The molecule has 0 aliphatic carbocycles. The van der Waals surface area contributed by atoms with Gasteiger partial charge in [0, 0.05) is 16.8 Å². The molecule has 0 amide bonds. The summed E-state index contributed by atoms with van der Waals surface area (Å²) in [7, 11) is 1.67. The lowest BCUT2D eigenvalue weighted by Gasteiger charge is -2.13. The first-order valence-electron chi connectivity index (χ1n) is 5.08. The summed E-state index contributed by atoms with van der Waals surface area (Å²) in [5.41, 5.74) is 2.93. The van der Waals surface area contributed by atoms with Gasteiger partial charge < -0.3 is 10.1 Å². The molecular weight excluding hydrogens is 220 g/mol. The van der Waals surface area contributed by atoms with E-state index in [1.54, 1.807) is 18.4 Å². The molecule has 0 aliphatic heterocycles. The van der Waals surface area contributed by atoms with Gasteiger partial charge in [0.1, 0.15) is 5.75 Å². The third-order valence-electron chi connectivity index (χ3n) is 2.35.